The van der Waals surface area contributed by atoms with Crippen molar-refractivity contribution in [3.63, 3.8) is 0 Å². The first-order valence-corrected chi connectivity index (χ1v) is 6.48. The van der Waals surface area contributed by atoms with Crippen LogP contribution in [-0.4, -0.2) is 12.6 Å². The smallest absolute Gasteiger partial charge is 0.306 e. The molecule has 1 aliphatic rings. The van der Waals surface area contributed by atoms with Gasteiger partial charge in [-0.2, -0.15) is 0 Å². The molecular formula is C13H24O2. The predicted octanol–water partition coefficient (Wildman–Crippen LogP) is 3.69. The predicted molar refractivity (Wildman–Crippen MR) is 61.7 cm³/mol. The van der Waals surface area contributed by atoms with Crippen molar-refractivity contribution in [3.8, 4) is 0 Å². The van der Waals surface area contributed by atoms with Gasteiger partial charge in [-0.15, -0.1) is 0 Å². The molecule has 0 N–H and O–H groups in total. The monoisotopic (exact) mass is 212 g/mol. The van der Waals surface area contributed by atoms with Crippen LogP contribution < -0.4 is 0 Å². The summed E-state index contributed by atoms with van der Waals surface area (Å²) in [6.45, 7) is 2.82. The summed E-state index contributed by atoms with van der Waals surface area (Å²) in [5, 5.41) is 0. The molecule has 0 radical (unpaired) electrons. The van der Waals surface area contributed by atoms with Gasteiger partial charge in [0.1, 0.15) is 0 Å². The minimum atomic E-state index is 0.0263. The SMILES string of the molecule is CCCCCCOC(=O)CC1CCCC1. The molecule has 0 aromatic heterocycles. The Hall–Kier alpha value is -0.530. The van der Waals surface area contributed by atoms with Gasteiger partial charge in [0.15, 0.2) is 0 Å². The van der Waals surface area contributed by atoms with Crippen molar-refractivity contribution < 1.29 is 9.53 Å². The molecule has 0 aliphatic heterocycles. The van der Waals surface area contributed by atoms with Crippen LogP contribution in [0.5, 0.6) is 0 Å². The van der Waals surface area contributed by atoms with Gasteiger partial charge in [-0.3, -0.25) is 4.79 Å². The lowest BCUT2D eigenvalue weighted by Gasteiger charge is -2.08. The van der Waals surface area contributed by atoms with E-state index in [2.05, 4.69) is 6.92 Å². The molecule has 0 aromatic carbocycles. The average molecular weight is 212 g/mol. The number of carbonyl (C=O) groups excluding carboxylic acids is 1. The van der Waals surface area contributed by atoms with E-state index in [1.165, 1.54) is 44.9 Å². The summed E-state index contributed by atoms with van der Waals surface area (Å²) in [7, 11) is 0. The molecule has 88 valence electrons. The van der Waals surface area contributed by atoms with Crippen LogP contribution >= 0.6 is 0 Å². The Kier molecular flexibility index (Phi) is 6.45. The van der Waals surface area contributed by atoms with Crippen LogP contribution in [0.3, 0.4) is 0 Å². The number of carbonyl (C=O) groups is 1. The van der Waals surface area contributed by atoms with E-state index in [9.17, 15) is 4.79 Å². The van der Waals surface area contributed by atoms with Crippen molar-refractivity contribution in [2.75, 3.05) is 6.61 Å². The number of esters is 1. The third-order valence-electron chi connectivity index (χ3n) is 3.19. The lowest BCUT2D eigenvalue weighted by atomic mass is 10.0. The Morgan fingerprint density at radius 2 is 1.93 bits per heavy atom. The standard InChI is InChI=1S/C13H24O2/c1-2-3-4-7-10-15-13(14)11-12-8-5-6-9-12/h12H,2-11H2,1H3. The zero-order valence-corrected chi connectivity index (χ0v) is 9.96. The summed E-state index contributed by atoms with van der Waals surface area (Å²) in [5.41, 5.74) is 0. The number of rotatable bonds is 7. The first-order chi connectivity index (χ1) is 7.33. The van der Waals surface area contributed by atoms with E-state index in [0.717, 1.165) is 6.42 Å². The summed E-state index contributed by atoms with van der Waals surface area (Å²) < 4.78 is 5.21. The fraction of sp³-hybridized carbons (Fsp3) is 0.923. The highest BCUT2D eigenvalue weighted by Gasteiger charge is 2.18. The minimum Gasteiger partial charge on any atom is -0.466 e. The van der Waals surface area contributed by atoms with Crippen LogP contribution in [0.25, 0.3) is 0 Å². The maximum Gasteiger partial charge on any atom is 0.306 e. The summed E-state index contributed by atoms with van der Waals surface area (Å²) in [4.78, 5) is 11.4. The highest BCUT2D eigenvalue weighted by molar-refractivity contribution is 5.69. The second-order valence-corrected chi connectivity index (χ2v) is 4.64. The van der Waals surface area contributed by atoms with Crippen molar-refractivity contribution in [1.82, 2.24) is 0 Å². The summed E-state index contributed by atoms with van der Waals surface area (Å²) in [5.74, 6) is 0.645. The first-order valence-electron chi connectivity index (χ1n) is 6.48. The number of hydrogen-bond acceptors (Lipinski definition) is 2. The highest BCUT2D eigenvalue weighted by atomic mass is 16.5. The minimum absolute atomic E-state index is 0.0263. The van der Waals surface area contributed by atoms with Crippen LogP contribution in [0, 0.1) is 5.92 Å². The topological polar surface area (TPSA) is 26.3 Å². The van der Waals surface area contributed by atoms with Crippen LogP contribution in [0.4, 0.5) is 0 Å². The Morgan fingerprint density at radius 3 is 2.60 bits per heavy atom. The fourth-order valence-electron chi connectivity index (χ4n) is 2.22. The molecular weight excluding hydrogens is 188 g/mol. The van der Waals surface area contributed by atoms with E-state index in [4.69, 9.17) is 4.74 Å². The quantitative estimate of drug-likeness (QED) is 0.475. The lowest BCUT2D eigenvalue weighted by Crippen LogP contribution is -2.10. The summed E-state index contributed by atoms with van der Waals surface area (Å²) in [6, 6.07) is 0. The third kappa shape index (κ3) is 5.81. The zero-order chi connectivity index (χ0) is 10.9. The Bertz CT molecular complexity index is 171. The van der Waals surface area contributed by atoms with E-state index < -0.39 is 0 Å². The third-order valence-corrected chi connectivity index (χ3v) is 3.19. The second-order valence-electron chi connectivity index (χ2n) is 4.64. The molecule has 1 saturated carbocycles. The molecule has 15 heavy (non-hydrogen) atoms. The van der Waals surface area contributed by atoms with E-state index in [-0.39, 0.29) is 5.97 Å². The molecule has 0 saturated heterocycles. The molecule has 2 nitrogen and oxygen atoms in total. The normalized spacial score (nSPS) is 16.9. The van der Waals surface area contributed by atoms with Gasteiger partial charge in [-0.05, 0) is 25.2 Å². The zero-order valence-electron chi connectivity index (χ0n) is 9.96. The summed E-state index contributed by atoms with van der Waals surface area (Å²) in [6.07, 6.45) is 10.4. The van der Waals surface area contributed by atoms with Gasteiger partial charge in [0.05, 0.1) is 6.61 Å². The molecule has 0 heterocycles. The van der Waals surface area contributed by atoms with Gasteiger partial charge in [-0.1, -0.05) is 39.0 Å². The highest BCUT2D eigenvalue weighted by Crippen LogP contribution is 2.27. The molecule has 0 atom stereocenters. The van der Waals surface area contributed by atoms with E-state index in [0.29, 0.717) is 18.9 Å². The van der Waals surface area contributed by atoms with Crippen molar-refractivity contribution >= 4 is 5.97 Å². The number of ether oxygens (including phenoxy) is 1. The van der Waals surface area contributed by atoms with Gasteiger partial charge in [-0.25, -0.2) is 0 Å². The van der Waals surface area contributed by atoms with E-state index >= 15 is 0 Å². The van der Waals surface area contributed by atoms with E-state index in [1.807, 2.05) is 0 Å². The second kappa shape index (κ2) is 7.72. The van der Waals surface area contributed by atoms with E-state index in [1.54, 1.807) is 0 Å². The molecule has 0 aromatic rings. The van der Waals surface area contributed by atoms with Crippen molar-refractivity contribution in [2.45, 2.75) is 64.7 Å². The van der Waals surface area contributed by atoms with Gasteiger partial charge in [0.2, 0.25) is 0 Å². The number of hydrogen-bond donors (Lipinski definition) is 0. The molecule has 0 spiro atoms. The molecule has 0 unspecified atom stereocenters. The van der Waals surface area contributed by atoms with Gasteiger partial charge < -0.3 is 4.74 Å². The van der Waals surface area contributed by atoms with Crippen molar-refractivity contribution in [1.29, 1.82) is 0 Å². The Morgan fingerprint density at radius 1 is 1.20 bits per heavy atom. The summed E-state index contributed by atoms with van der Waals surface area (Å²) >= 11 is 0. The average Bonchev–Trinajstić information content (AvgIpc) is 2.70. The maximum absolute atomic E-state index is 11.4. The van der Waals surface area contributed by atoms with Crippen LogP contribution in [0.15, 0.2) is 0 Å². The van der Waals surface area contributed by atoms with Crippen molar-refractivity contribution in [2.24, 2.45) is 5.92 Å². The molecule has 1 fully saturated rings. The maximum atomic E-state index is 11.4. The largest absolute Gasteiger partial charge is 0.466 e. The van der Waals surface area contributed by atoms with Gasteiger partial charge in [0, 0.05) is 6.42 Å². The lowest BCUT2D eigenvalue weighted by molar-refractivity contribution is -0.144. The Balaban J connectivity index is 1.93. The molecule has 1 aliphatic carbocycles. The number of unbranched alkanes of at least 4 members (excludes halogenated alkanes) is 3. The Labute approximate surface area is 93.4 Å². The molecule has 0 amide bonds. The first kappa shape index (κ1) is 12.5. The van der Waals surface area contributed by atoms with Crippen LogP contribution in [-0.2, 0) is 9.53 Å². The van der Waals surface area contributed by atoms with Crippen molar-refractivity contribution in [3.05, 3.63) is 0 Å². The van der Waals surface area contributed by atoms with Gasteiger partial charge in [0.25, 0.3) is 0 Å². The van der Waals surface area contributed by atoms with Crippen LogP contribution in [0.1, 0.15) is 64.7 Å². The molecule has 0 bridgehead atoms. The van der Waals surface area contributed by atoms with Gasteiger partial charge >= 0.3 is 5.97 Å². The van der Waals surface area contributed by atoms with Crippen LogP contribution in [0.2, 0.25) is 0 Å². The fourth-order valence-corrected chi connectivity index (χ4v) is 2.22. The molecule has 1 rings (SSSR count). The molecule has 2 heteroatoms.